The summed E-state index contributed by atoms with van der Waals surface area (Å²) in [7, 11) is 0. The van der Waals surface area contributed by atoms with Crippen LogP contribution in [-0.4, -0.2) is 36.9 Å². The van der Waals surface area contributed by atoms with Gasteiger partial charge >= 0.3 is 0 Å². The van der Waals surface area contributed by atoms with Gasteiger partial charge in [-0.15, -0.1) is 0 Å². The molecule has 0 N–H and O–H groups in total. The highest BCUT2D eigenvalue weighted by atomic mass is 32.2. The molecular weight excluding hydrogens is 352 g/mol. The highest BCUT2D eigenvalue weighted by Gasteiger charge is 2.22. The Morgan fingerprint density at radius 2 is 1.12 bits per heavy atom. The van der Waals surface area contributed by atoms with Gasteiger partial charge < -0.3 is 14.2 Å². The molecule has 2 unspecified atom stereocenters. The first-order chi connectivity index (χ1) is 12.3. The molecule has 132 valence electrons. The smallest absolute Gasteiger partial charge is 0.127 e. The first kappa shape index (κ1) is 17.3. The van der Waals surface area contributed by atoms with E-state index in [0.717, 1.165) is 47.7 Å². The average Bonchev–Trinajstić information content (AvgIpc) is 3.53. The van der Waals surface area contributed by atoms with Crippen LogP contribution < -0.4 is 4.74 Å². The normalized spacial score (nSPS) is 21.1. The highest BCUT2D eigenvalue weighted by Crippen LogP contribution is 2.26. The Hall–Kier alpha value is -1.14. The average molecular weight is 375 g/mol. The lowest BCUT2D eigenvalue weighted by molar-refractivity contribution is 0.426. The van der Waals surface area contributed by atoms with Crippen LogP contribution in [0.25, 0.3) is 0 Å². The van der Waals surface area contributed by atoms with Crippen LogP contribution >= 0.6 is 23.5 Å². The zero-order valence-electron chi connectivity index (χ0n) is 14.1. The molecule has 5 heteroatoms. The van der Waals surface area contributed by atoms with Crippen molar-refractivity contribution in [1.29, 1.82) is 0 Å². The standard InChI is InChI=1S/C20H22O3S2/c1-5-17(6-2-15(1)11-24-13-19-9-21-19)23-18-7-3-16(4-8-18)12-25-14-20-10-22-20/h1-8,19-20H,9-14H2. The number of hydrogen-bond acceptors (Lipinski definition) is 5. The Bertz CT molecular complexity index is 605. The maximum atomic E-state index is 5.94. The van der Waals surface area contributed by atoms with E-state index in [1.165, 1.54) is 11.1 Å². The minimum atomic E-state index is 0.496. The minimum Gasteiger partial charge on any atom is -0.457 e. The predicted octanol–water partition coefficient (Wildman–Crippen LogP) is 4.74. The van der Waals surface area contributed by atoms with E-state index in [1.807, 2.05) is 47.8 Å². The van der Waals surface area contributed by atoms with Crippen molar-refractivity contribution < 1.29 is 14.2 Å². The fourth-order valence-corrected chi connectivity index (χ4v) is 4.39. The summed E-state index contributed by atoms with van der Waals surface area (Å²) < 4.78 is 16.4. The monoisotopic (exact) mass is 374 g/mol. The van der Waals surface area contributed by atoms with Gasteiger partial charge in [-0.05, 0) is 35.4 Å². The van der Waals surface area contributed by atoms with Crippen LogP contribution in [0.3, 0.4) is 0 Å². The number of rotatable bonds is 10. The van der Waals surface area contributed by atoms with E-state index >= 15 is 0 Å². The molecule has 2 atom stereocenters. The fourth-order valence-electron chi connectivity index (χ4n) is 2.39. The van der Waals surface area contributed by atoms with E-state index < -0.39 is 0 Å². The van der Waals surface area contributed by atoms with Crippen molar-refractivity contribution >= 4 is 23.5 Å². The molecule has 0 spiro atoms. The van der Waals surface area contributed by atoms with Gasteiger partial charge in [-0.1, -0.05) is 24.3 Å². The zero-order valence-corrected chi connectivity index (χ0v) is 15.7. The van der Waals surface area contributed by atoms with E-state index in [2.05, 4.69) is 24.3 Å². The molecule has 2 heterocycles. The number of thioether (sulfide) groups is 2. The third-order valence-corrected chi connectivity index (χ3v) is 6.32. The lowest BCUT2D eigenvalue weighted by atomic mass is 10.2. The summed E-state index contributed by atoms with van der Waals surface area (Å²) in [5.41, 5.74) is 2.65. The third kappa shape index (κ3) is 5.96. The molecule has 2 aliphatic rings. The molecule has 0 saturated carbocycles. The molecule has 0 bridgehead atoms. The molecule has 2 aromatic carbocycles. The van der Waals surface area contributed by atoms with Gasteiger partial charge in [-0.3, -0.25) is 0 Å². The predicted molar refractivity (Wildman–Crippen MR) is 105 cm³/mol. The summed E-state index contributed by atoms with van der Waals surface area (Å²) in [6, 6.07) is 16.7. The number of epoxide rings is 2. The Morgan fingerprint density at radius 3 is 1.48 bits per heavy atom. The van der Waals surface area contributed by atoms with Crippen LogP contribution in [0.15, 0.2) is 48.5 Å². The molecule has 25 heavy (non-hydrogen) atoms. The van der Waals surface area contributed by atoms with Crippen LogP contribution in [0.1, 0.15) is 11.1 Å². The lowest BCUT2D eigenvalue weighted by Gasteiger charge is -2.08. The third-order valence-electron chi connectivity index (χ3n) is 4.03. The maximum Gasteiger partial charge on any atom is 0.127 e. The number of ether oxygens (including phenoxy) is 3. The largest absolute Gasteiger partial charge is 0.457 e. The van der Waals surface area contributed by atoms with Crippen molar-refractivity contribution in [3.8, 4) is 11.5 Å². The molecule has 4 rings (SSSR count). The zero-order chi connectivity index (χ0) is 16.9. The van der Waals surface area contributed by atoms with Crippen LogP contribution in [-0.2, 0) is 21.0 Å². The van der Waals surface area contributed by atoms with Gasteiger partial charge in [-0.25, -0.2) is 0 Å². The van der Waals surface area contributed by atoms with Gasteiger partial charge in [-0.2, -0.15) is 23.5 Å². The topological polar surface area (TPSA) is 34.3 Å². The lowest BCUT2D eigenvalue weighted by Crippen LogP contribution is -1.91. The molecule has 0 amide bonds. The summed E-state index contributed by atoms with van der Waals surface area (Å²) in [4.78, 5) is 0. The van der Waals surface area contributed by atoms with E-state index in [1.54, 1.807) is 0 Å². The summed E-state index contributed by atoms with van der Waals surface area (Å²) >= 11 is 3.85. The fraction of sp³-hybridized carbons (Fsp3) is 0.400. The highest BCUT2D eigenvalue weighted by molar-refractivity contribution is 7.98. The molecule has 2 saturated heterocycles. The SMILES string of the molecule is c1cc(Oc2ccc(CSCC3CO3)cc2)ccc1CSCC1CO1. The van der Waals surface area contributed by atoms with Crippen molar-refractivity contribution in [2.75, 3.05) is 24.7 Å². The van der Waals surface area contributed by atoms with Crippen LogP contribution in [0, 0.1) is 0 Å². The Morgan fingerprint density at radius 1 is 0.720 bits per heavy atom. The van der Waals surface area contributed by atoms with Crippen molar-refractivity contribution in [2.24, 2.45) is 0 Å². The molecule has 2 fully saturated rings. The van der Waals surface area contributed by atoms with Crippen LogP contribution in [0.5, 0.6) is 11.5 Å². The van der Waals surface area contributed by atoms with Gasteiger partial charge in [0.15, 0.2) is 0 Å². The van der Waals surface area contributed by atoms with Crippen molar-refractivity contribution in [3.63, 3.8) is 0 Å². The molecule has 0 aromatic heterocycles. The van der Waals surface area contributed by atoms with Crippen LogP contribution in [0.2, 0.25) is 0 Å². The summed E-state index contributed by atoms with van der Waals surface area (Å²) in [6.45, 7) is 1.87. The summed E-state index contributed by atoms with van der Waals surface area (Å²) in [5, 5.41) is 0. The van der Waals surface area contributed by atoms with Crippen molar-refractivity contribution in [3.05, 3.63) is 59.7 Å². The molecule has 2 aromatic rings. The number of benzene rings is 2. The molecule has 2 aliphatic heterocycles. The van der Waals surface area contributed by atoms with Crippen LogP contribution in [0.4, 0.5) is 0 Å². The molecular formula is C20H22O3S2. The van der Waals surface area contributed by atoms with Crippen molar-refractivity contribution in [2.45, 2.75) is 23.7 Å². The van der Waals surface area contributed by atoms with E-state index in [-0.39, 0.29) is 0 Å². The van der Waals surface area contributed by atoms with Gasteiger partial charge in [0.05, 0.1) is 25.4 Å². The second-order valence-corrected chi connectivity index (χ2v) is 8.39. The second-order valence-electron chi connectivity index (χ2n) is 6.33. The van der Waals surface area contributed by atoms with Gasteiger partial charge in [0, 0.05) is 23.0 Å². The maximum absolute atomic E-state index is 5.94. The Labute approximate surface area is 157 Å². The molecule has 0 aliphatic carbocycles. The molecule has 3 nitrogen and oxygen atoms in total. The summed E-state index contributed by atoms with van der Waals surface area (Å²) in [6.07, 6.45) is 0.993. The molecule has 0 radical (unpaired) electrons. The van der Waals surface area contributed by atoms with E-state index in [9.17, 15) is 0 Å². The van der Waals surface area contributed by atoms with Gasteiger partial charge in [0.2, 0.25) is 0 Å². The van der Waals surface area contributed by atoms with Gasteiger partial charge in [0.1, 0.15) is 11.5 Å². The Kier molecular flexibility index (Phi) is 5.87. The first-order valence-electron chi connectivity index (χ1n) is 8.59. The first-order valence-corrected chi connectivity index (χ1v) is 10.9. The number of hydrogen-bond donors (Lipinski definition) is 0. The van der Waals surface area contributed by atoms with Crippen molar-refractivity contribution in [1.82, 2.24) is 0 Å². The van der Waals surface area contributed by atoms with E-state index in [0.29, 0.717) is 12.2 Å². The second kappa shape index (κ2) is 8.49. The Balaban J connectivity index is 1.22. The quantitative estimate of drug-likeness (QED) is 0.561. The summed E-state index contributed by atoms with van der Waals surface area (Å²) in [5.74, 6) is 6.00. The van der Waals surface area contributed by atoms with E-state index in [4.69, 9.17) is 14.2 Å². The van der Waals surface area contributed by atoms with Gasteiger partial charge in [0.25, 0.3) is 0 Å². The minimum absolute atomic E-state index is 0.496.